The normalized spacial score (nSPS) is 20.0. The van der Waals surface area contributed by atoms with Gasteiger partial charge in [-0.25, -0.2) is 17.6 Å². The molecule has 6 heteroatoms. The number of rotatable bonds is 3. The largest absolute Gasteiger partial charge is 0.457 e. The molecule has 1 aliphatic carbocycles. The smallest absolute Gasteiger partial charge is 0.335 e. The first-order valence-electron chi connectivity index (χ1n) is 7.78. The average molecular weight is 338 g/mol. The van der Waals surface area contributed by atoms with Crippen molar-refractivity contribution in [3.63, 3.8) is 0 Å². The molecule has 23 heavy (non-hydrogen) atoms. The van der Waals surface area contributed by atoms with Crippen molar-refractivity contribution in [1.82, 2.24) is 0 Å². The number of esters is 1. The molecule has 0 aromatic heterocycles. The third-order valence-corrected chi connectivity index (χ3v) is 5.72. The standard InChI is InChI=1S/C17H19FO4S/c1-23(20,21)15-8-7-12(9-14(15)18)13-10-22-17(19)16(13)11-5-3-2-4-6-11/h7-9,11H,2-6,10H2,1H3. The summed E-state index contributed by atoms with van der Waals surface area (Å²) in [5, 5.41) is 0. The highest BCUT2D eigenvalue weighted by Gasteiger charge is 2.33. The zero-order valence-corrected chi connectivity index (χ0v) is 13.8. The van der Waals surface area contributed by atoms with Gasteiger partial charge in [-0.1, -0.05) is 25.3 Å². The lowest BCUT2D eigenvalue weighted by Gasteiger charge is -2.22. The predicted octanol–water partition coefficient (Wildman–Crippen LogP) is 3.12. The van der Waals surface area contributed by atoms with Crippen molar-refractivity contribution in [2.75, 3.05) is 12.9 Å². The molecular formula is C17H19FO4S. The highest BCUT2D eigenvalue weighted by molar-refractivity contribution is 7.90. The zero-order valence-electron chi connectivity index (χ0n) is 13.0. The summed E-state index contributed by atoms with van der Waals surface area (Å²) < 4.78 is 42.3. The molecule has 0 unspecified atom stereocenters. The number of halogens is 1. The Kier molecular flexibility index (Phi) is 4.27. The predicted molar refractivity (Wildman–Crippen MR) is 84.0 cm³/mol. The second kappa shape index (κ2) is 6.07. The Morgan fingerprint density at radius 3 is 2.48 bits per heavy atom. The van der Waals surface area contributed by atoms with E-state index >= 15 is 0 Å². The molecule has 0 amide bonds. The lowest BCUT2D eigenvalue weighted by molar-refractivity contribution is -0.136. The van der Waals surface area contributed by atoms with Gasteiger partial charge in [-0.15, -0.1) is 0 Å². The van der Waals surface area contributed by atoms with Gasteiger partial charge in [-0.05, 0) is 36.5 Å². The van der Waals surface area contributed by atoms with Gasteiger partial charge < -0.3 is 4.74 Å². The van der Waals surface area contributed by atoms with Crippen molar-refractivity contribution in [2.45, 2.75) is 37.0 Å². The molecule has 4 nitrogen and oxygen atoms in total. The summed E-state index contributed by atoms with van der Waals surface area (Å²) >= 11 is 0. The average Bonchev–Trinajstić information content (AvgIpc) is 2.88. The Morgan fingerprint density at radius 1 is 1.17 bits per heavy atom. The second-order valence-corrected chi connectivity index (χ2v) is 8.20. The first-order valence-corrected chi connectivity index (χ1v) is 9.67. The molecule has 1 aromatic carbocycles. The van der Waals surface area contributed by atoms with Gasteiger partial charge in [0.15, 0.2) is 9.84 Å². The van der Waals surface area contributed by atoms with Gasteiger partial charge in [0.05, 0.1) is 0 Å². The summed E-state index contributed by atoms with van der Waals surface area (Å²) in [6.07, 6.45) is 6.19. The summed E-state index contributed by atoms with van der Waals surface area (Å²) in [4.78, 5) is 11.8. The van der Waals surface area contributed by atoms with E-state index in [2.05, 4.69) is 0 Å². The summed E-state index contributed by atoms with van der Waals surface area (Å²) in [5.74, 6) is -0.953. The summed E-state index contributed by atoms with van der Waals surface area (Å²) in [6, 6.07) is 4.00. The zero-order chi connectivity index (χ0) is 16.6. The van der Waals surface area contributed by atoms with Crippen molar-refractivity contribution in [2.24, 2.45) is 5.92 Å². The van der Waals surface area contributed by atoms with Crippen molar-refractivity contribution < 1.29 is 22.3 Å². The van der Waals surface area contributed by atoms with Gasteiger partial charge in [0.25, 0.3) is 0 Å². The quantitative estimate of drug-likeness (QED) is 0.795. The Labute approximate surface area is 135 Å². The van der Waals surface area contributed by atoms with Gasteiger partial charge in [0.1, 0.15) is 17.3 Å². The molecule has 0 bridgehead atoms. The molecule has 0 spiro atoms. The number of carbonyl (C=O) groups excluding carboxylic acids is 1. The fraction of sp³-hybridized carbons (Fsp3) is 0.471. The molecule has 1 saturated carbocycles. The van der Waals surface area contributed by atoms with E-state index in [1.54, 1.807) is 6.07 Å². The van der Waals surface area contributed by atoms with Crippen LogP contribution in [0.1, 0.15) is 37.7 Å². The molecule has 0 radical (unpaired) electrons. The summed E-state index contributed by atoms with van der Waals surface area (Å²) in [6.45, 7) is 0.127. The van der Waals surface area contributed by atoms with Gasteiger partial charge in [-0.2, -0.15) is 0 Å². The molecule has 0 N–H and O–H groups in total. The van der Waals surface area contributed by atoms with Crippen molar-refractivity contribution in [3.8, 4) is 0 Å². The second-order valence-electron chi connectivity index (χ2n) is 6.22. The summed E-state index contributed by atoms with van der Waals surface area (Å²) in [5.41, 5.74) is 1.87. The van der Waals surface area contributed by atoms with Crippen LogP contribution in [-0.2, 0) is 19.4 Å². The van der Waals surface area contributed by atoms with Gasteiger partial charge in [-0.3, -0.25) is 0 Å². The third kappa shape index (κ3) is 3.17. The third-order valence-electron chi connectivity index (χ3n) is 4.59. The molecule has 1 heterocycles. The van der Waals surface area contributed by atoms with E-state index in [1.165, 1.54) is 18.6 Å². The Balaban J connectivity index is 2.03. The maximum Gasteiger partial charge on any atom is 0.335 e. The van der Waals surface area contributed by atoms with Crippen molar-refractivity contribution >= 4 is 21.4 Å². The SMILES string of the molecule is CS(=O)(=O)c1ccc(C2=C(C3CCCCC3)C(=O)OC2)cc1F. The lowest BCUT2D eigenvalue weighted by atomic mass is 9.81. The van der Waals surface area contributed by atoms with Gasteiger partial charge in [0, 0.05) is 17.4 Å². The topological polar surface area (TPSA) is 60.4 Å². The number of sulfone groups is 1. The number of hydrogen-bond donors (Lipinski definition) is 0. The van der Waals surface area contributed by atoms with Crippen LogP contribution in [0.5, 0.6) is 0 Å². The van der Waals surface area contributed by atoms with Crippen LogP contribution in [0, 0.1) is 11.7 Å². The summed E-state index contributed by atoms with van der Waals surface area (Å²) in [7, 11) is -3.61. The van der Waals surface area contributed by atoms with Crippen LogP contribution in [0.25, 0.3) is 5.57 Å². The molecule has 0 saturated heterocycles. The van der Waals surface area contributed by atoms with Crippen LogP contribution in [0.3, 0.4) is 0 Å². The Hall–Kier alpha value is -1.69. The monoisotopic (exact) mass is 338 g/mol. The minimum absolute atomic E-state index is 0.127. The van der Waals surface area contributed by atoms with E-state index in [0.717, 1.165) is 31.9 Å². The number of hydrogen-bond acceptors (Lipinski definition) is 4. The van der Waals surface area contributed by atoms with Crippen LogP contribution in [-0.4, -0.2) is 27.2 Å². The molecule has 1 aliphatic heterocycles. The highest BCUT2D eigenvalue weighted by Crippen LogP contribution is 2.38. The van der Waals surface area contributed by atoms with Crippen LogP contribution in [0.2, 0.25) is 0 Å². The number of carbonyl (C=O) groups is 1. The van der Waals surface area contributed by atoms with E-state index in [1.807, 2.05) is 0 Å². The fourth-order valence-electron chi connectivity index (χ4n) is 3.45. The lowest BCUT2D eigenvalue weighted by Crippen LogP contribution is -2.14. The molecule has 2 aliphatic rings. The minimum Gasteiger partial charge on any atom is -0.457 e. The van der Waals surface area contributed by atoms with Crippen LogP contribution in [0.4, 0.5) is 4.39 Å². The van der Waals surface area contributed by atoms with Crippen LogP contribution >= 0.6 is 0 Å². The maximum absolute atomic E-state index is 14.1. The number of benzene rings is 1. The van der Waals surface area contributed by atoms with E-state index in [4.69, 9.17) is 4.74 Å². The molecular weight excluding hydrogens is 319 g/mol. The van der Waals surface area contributed by atoms with Gasteiger partial charge >= 0.3 is 5.97 Å². The molecule has 3 rings (SSSR count). The van der Waals surface area contributed by atoms with E-state index < -0.39 is 15.7 Å². The van der Waals surface area contributed by atoms with Crippen molar-refractivity contribution in [3.05, 3.63) is 35.2 Å². The minimum atomic E-state index is -3.61. The first-order chi connectivity index (χ1) is 10.9. The Bertz CT molecular complexity index is 774. The van der Waals surface area contributed by atoms with E-state index in [-0.39, 0.29) is 23.4 Å². The number of cyclic esters (lactones) is 1. The maximum atomic E-state index is 14.1. The Morgan fingerprint density at radius 2 is 1.87 bits per heavy atom. The van der Waals surface area contributed by atoms with Crippen molar-refractivity contribution in [1.29, 1.82) is 0 Å². The first kappa shape index (κ1) is 16.2. The van der Waals surface area contributed by atoms with Crippen LogP contribution in [0.15, 0.2) is 28.7 Å². The number of ether oxygens (including phenoxy) is 1. The molecule has 124 valence electrons. The van der Waals surface area contributed by atoms with E-state index in [0.29, 0.717) is 16.7 Å². The van der Waals surface area contributed by atoms with Crippen LogP contribution < -0.4 is 0 Å². The van der Waals surface area contributed by atoms with Gasteiger partial charge in [0.2, 0.25) is 0 Å². The molecule has 0 atom stereocenters. The fourth-order valence-corrected chi connectivity index (χ4v) is 4.18. The van der Waals surface area contributed by atoms with E-state index in [9.17, 15) is 17.6 Å². The highest BCUT2D eigenvalue weighted by atomic mass is 32.2. The molecule has 1 aromatic rings. The molecule has 1 fully saturated rings.